The molecule has 14 heteroatoms. The van der Waals surface area contributed by atoms with Gasteiger partial charge in [-0.1, -0.05) is 13.0 Å². The maximum atomic E-state index is 14.3. The number of aromatic nitrogens is 8. The largest absolute Gasteiger partial charge is 0.494 e. The van der Waals surface area contributed by atoms with E-state index < -0.39 is 15.3 Å². The fourth-order valence-electron chi connectivity index (χ4n) is 4.33. The van der Waals surface area contributed by atoms with E-state index in [1.54, 1.807) is 67.5 Å². The first-order valence-corrected chi connectivity index (χ1v) is 14.9. The number of nitrogens with zero attached hydrogens (tertiary/aromatic N) is 9. The van der Waals surface area contributed by atoms with Crippen LogP contribution in [0.5, 0.6) is 11.5 Å². The number of methoxy groups -OCH3 is 2. The van der Waals surface area contributed by atoms with Crippen LogP contribution < -0.4 is 13.8 Å². The van der Waals surface area contributed by atoms with Crippen molar-refractivity contribution in [2.24, 2.45) is 0 Å². The molecule has 0 N–H and O–H groups in total. The summed E-state index contributed by atoms with van der Waals surface area (Å²) in [5.74, 6) is 1.16. The van der Waals surface area contributed by atoms with Crippen LogP contribution in [0.2, 0.25) is 0 Å². The molecule has 4 aromatic heterocycles. The van der Waals surface area contributed by atoms with Gasteiger partial charge in [-0.05, 0) is 62.6 Å². The number of rotatable bonds is 10. The second kappa shape index (κ2) is 12.1. The molecule has 0 spiro atoms. The van der Waals surface area contributed by atoms with Crippen LogP contribution in [0.25, 0.3) is 28.6 Å². The Labute approximate surface area is 249 Å². The molecule has 0 aliphatic carbocycles. The van der Waals surface area contributed by atoms with Gasteiger partial charge in [-0.15, -0.1) is 10.2 Å². The Balaban J connectivity index is 1.85. The van der Waals surface area contributed by atoms with Gasteiger partial charge in [0, 0.05) is 36.5 Å². The molecule has 0 fully saturated rings. The molecule has 5 aromatic rings. The van der Waals surface area contributed by atoms with Crippen LogP contribution in [0.1, 0.15) is 31.4 Å². The second-order valence-electron chi connectivity index (χ2n) is 9.78. The molecule has 0 aliphatic heterocycles. The van der Waals surface area contributed by atoms with Gasteiger partial charge in [0.1, 0.15) is 22.9 Å². The van der Waals surface area contributed by atoms with Crippen molar-refractivity contribution in [1.82, 2.24) is 39.7 Å². The molecule has 0 aliphatic rings. The van der Waals surface area contributed by atoms with E-state index in [2.05, 4.69) is 35.1 Å². The lowest BCUT2D eigenvalue weighted by Gasteiger charge is -2.26. The normalized spacial score (nSPS) is 12.1. The van der Waals surface area contributed by atoms with E-state index in [1.807, 2.05) is 19.9 Å². The molecule has 0 bridgehead atoms. The van der Waals surface area contributed by atoms with Gasteiger partial charge >= 0.3 is 0 Å². The minimum absolute atomic E-state index is 0.0958. The average Bonchev–Trinajstić information content (AvgIpc) is 3.44. The van der Waals surface area contributed by atoms with Crippen molar-refractivity contribution in [1.29, 1.82) is 0 Å². The topological polar surface area (TPSA) is 151 Å². The van der Waals surface area contributed by atoms with Crippen molar-refractivity contribution in [3.05, 3.63) is 72.4 Å². The molecule has 0 saturated heterocycles. The van der Waals surface area contributed by atoms with Gasteiger partial charge in [-0.2, -0.15) is 4.31 Å². The predicted molar refractivity (Wildman–Crippen MR) is 161 cm³/mol. The Morgan fingerprint density at radius 1 is 0.930 bits per heavy atom. The lowest BCUT2D eigenvalue weighted by atomic mass is 10.2. The highest BCUT2D eigenvalue weighted by molar-refractivity contribution is 7.93. The van der Waals surface area contributed by atoms with Gasteiger partial charge in [0.05, 0.1) is 19.5 Å². The number of para-hydroxylation sites is 1. The molecular weight excluding hydrogens is 570 g/mol. The lowest BCUT2D eigenvalue weighted by molar-refractivity contribution is 0.391. The minimum atomic E-state index is -4.16. The van der Waals surface area contributed by atoms with Gasteiger partial charge in [0.25, 0.3) is 5.95 Å². The molecule has 0 unspecified atom stereocenters. The molecule has 0 amide bonds. The van der Waals surface area contributed by atoms with Crippen LogP contribution in [-0.2, 0) is 10.0 Å². The summed E-state index contributed by atoms with van der Waals surface area (Å²) in [6, 6.07) is 8.72. The third-order valence-electron chi connectivity index (χ3n) is 6.76. The zero-order chi connectivity index (χ0) is 30.7. The first kappa shape index (κ1) is 29.5. The lowest BCUT2D eigenvalue weighted by Crippen LogP contribution is -2.36. The molecule has 4 heterocycles. The van der Waals surface area contributed by atoms with E-state index in [9.17, 15) is 8.42 Å². The predicted octanol–water partition coefficient (Wildman–Crippen LogP) is 4.48. The minimum Gasteiger partial charge on any atom is -0.494 e. The number of sulfonamides is 1. The Morgan fingerprint density at radius 2 is 1.63 bits per heavy atom. The maximum Gasteiger partial charge on any atom is 0.253 e. The van der Waals surface area contributed by atoms with Crippen molar-refractivity contribution in [3.63, 3.8) is 0 Å². The molecule has 1 aromatic carbocycles. The Bertz CT molecular complexity index is 1840. The van der Waals surface area contributed by atoms with Crippen LogP contribution in [0.4, 0.5) is 11.9 Å². The summed E-state index contributed by atoms with van der Waals surface area (Å²) in [4.78, 5) is 22.0. The number of hydrogen-bond donors (Lipinski definition) is 0. The molecular formula is C29H31N9O4S. The van der Waals surface area contributed by atoms with Crippen LogP contribution >= 0.6 is 0 Å². The second-order valence-corrected chi connectivity index (χ2v) is 12.0. The molecule has 43 heavy (non-hydrogen) atoms. The number of benzene rings is 1. The van der Waals surface area contributed by atoms with Crippen LogP contribution in [0, 0.1) is 13.8 Å². The van der Waals surface area contributed by atoms with Crippen molar-refractivity contribution < 1.29 is 17.9 Å². The Morgan fingerprint density at radius 3 is 2.26 bits per heavy atom. The quantitative estimate of drug-likeness (QED) is 0.223. The van der Waals surface area contributed by atoms with E-state index >= 15 is 0 Å². The standard InChI is InChI=1S/C29H31N9O4S/c1-7-20(4)43(39,40)38(28-31-12-11-22(34-28)26-32-15-19(3)16-33-26)29-36-35-27(21-13-18(2)14-30-17-21)37(29)25-23(41-5)9-8-10-24(25)42-6/h8-17,20H,7H2,1-6H3/t20-/m1/s1. The molecule has 13 nitrogen and oxygen atoms in total. The molecule has 0 radical (unpaired) electrons. The third-order valence-corrected chi connectivity index (χ3v) is 8.94. The summed E-state index contributed by atoms with van der Waals surface area (Å²) in [6.45, 7) is 7.17. The van der Waals surface area contributed by atoms with Gasteiger partial charge in [0.2, 0.25) is 16.0 Å². The summed E-state index contributed by atoms with van der Waals surface area (Å²) in [5.41, 5.74) is 3.05. The number of pyridine rings is 1. The van der Waals surface area contributed by atoms with E-state index in [0.717, 1.165) is 15.4 Å². The summed E-state index contributed by atoms with van der Waals surface area (Å²) in [5, 5.41) is 8.07. The van der Waals surface area contributed by atoms with Crippen LogP contribution in [0.3, 0.4) is 0 Å². The summed E-state index contributed by atoms with van der Waals surface area (Å²) in [6.07, 6.45) is 8.42. The number of anilines is 2. The van der Waals surface area contributed by atoms with Crippen molar-refractivity contribution >= 4 is 21.9 Å². The van der Waals surface area contributed by atoms with Gasteiger partial charge < -0.3 is 9.47 Å². The van der Waals surface area contributed by atoms with Crippen molar-refractivity contribution in [2.75, 3.05) is 18.5 Å². The third kappa shape index (κ3) is 5.60. The molecule has 1 atom stereocenters. The van der Waals surface area contributed by atoms with Gasteiger partial charge in [0.15, 0.2) is 11.6 Å². The molecule has 0 saturated carbocycles. The molecule has 222 valence electrons. The highest BCUT2D eigenvalue weighted by Crippen LogP contribution is 2.40. The van der Waals surface area contributed by atoms with Crippen LogP contribution in [-0.4, -0.2) is 67.6 Å². The number of aryl methyl sites for hydroxylation is 2. The Kier molecular flexibility index (Phi) is 8.30. The smallest absolute Gasteiger partial charge is 0.253 e. The van der Waals surface area contributed by atoms with Crippen molar-refractivity contribution in [2.45, 2.75) is 39.4 Å². The SMILES string of the molecule is CC[C@@H](C)S(=O)(=O)N(c1nccc(-c2ncc(C)cn2)n1)c1nnc(-c2cncc(C)c2)n1-c1c(OC)cccc1OC. The van der Waals surface area contributed by atoms with E-state index in [1.165, 1.54) is 20.4 Å². The summed E-state index contributed by atoms with van der Waals surface area (Å²) in [7, 11) is -1.14. The highest BCUT2D eigenvalue weighted by Gasteiger charge is 2.38. The monoisotopic (exact) mass is 601 g/mol. The fourth-order valence-corrected chi connectivity index (χ4v) is 5.78. The zero-order valence-corrected chi connectivity index (χ0v) is 25.4. The average molecular weight is 602 g/mol. The van der Waals surface area contributed by atoms with Gasteiger partial charge in [-0.3, -0.25) is 9.55 Å². The summed E-state index contributed by atoms with van der Waals surface area (Å²) < 4.78 is 42.6. The highest BCUT2D eigenvalue weighted by atomic mass is 32.2. The first-order chi connectivity index (χ1) is 20.7. The van der Waals surface area contributed by atoms with E-state index in [4.69, 9.17) is 9.47 Å². The Hall–Kier alpha value is -4.98. The fraction of sp³-hybridized carbons (Fsp3) is 0.276. The summed E-state index contributed by atoms with van der Waals surface area (Å²) >= 11 is 0. The first-order valence-electron chi connectivity index (χ1n) is 13.4. The van der Waals surface area contributed by atoms with Crippen molar-refractivity contribution in [3.8, 4) is 40.1 Å². The van der Waals surface area contributed by atoms with Gasteiger partial charge in [-0.25, -0.2) is 28.4 Å². The van der Waals surface area contributed by atoms with Crippen LogP contribution in [0.15, 0.2) is 61.3 Å². The van der Waals surface area contributed by atoms with E-state index in [-0.39, 0.29) is 11.9 Å². The molecule has 5 rings (SSSR count). The maximum absolute atomic E-state index is 14.3. The number of ether oxygens (including phenoxy) is 2. The zero-order valence-electron chi connectivity index (χ0n) is 24.6. The van der Waals surface area contributed by atoms with E-state index in [0.29, 0.717) is 46.5 Å². The number of hydrogen-bond acceptors (Lipinski definition) is 11.